The van der Waals surface area contributed by atoms with Crippen LogP contribution in [-0.4, -0.2) is 72.2 Å². The molecule has 13 heteroatoms. The van der Waals surface area contributed by atoms with Crippen molar-refractivity contribution < 1.29 is 54.2 Å². The van der Waals surface area contributed by atoms with Crippen LogP contribution in [0.5, 0.6) is 5.75 Å². The number of nitrogens with one attached hydrogen (secondary N) is 1. The van der Waals surface area contributed by atoms with E-state index >= 15 is 0 Å². The Bertz CT molecular complexity index is 996. The van der Waals surface area contributed by atoms with Gasteiger partial charge in [0.05, 0.1) is 12.7 Å². The second kappa shape index (κ2) is 17.0. The Balaban J connectivity index is 0.000000551. The molecule has 0 spiro atoms. The minimum atomic E-state index is -1.41. The van der Waals surface area contributed by atoms with Gasteiger partial charge in [-0.25, -0.2) is 4.79 Å². The van der Waals surface area contributed by atoms with Gasteiger partial charge in [-0.3, -0.25) is 21.0 Å². The molecule has 4 atom stereocenters. The number of hydrogen-bond donors (Lipinski definition) is 5. The number of aromatic hydroxyl groups is 1. The largest absolute Gasteiger partial charge is 2.00 e. The van der Waals surface area contributed by atoms with Crippen molar-refractivity contribution in [3.63, 3.8) is 0 Å². The molecular weight excluding hydrogens is 565 g/mol. The van der Waals surface area contributed by atoms with Gasteiger partial charge in [-0.1, -0.05) is 18.2 Å². The molecule has 1 saturated carbocycles. The molecule has 203 valence electrons. The Hall–Kier alpha value is -2.57. The minimum Gasteiger partial charge on any atom is -0.508 e. The van der Waals surface area contributed by atoms with E-state index in [0.29, 0.717) is 10.4 Å². The number of esters is 1. The first-order valence-corrected chi connectivity index (χ1v) is 10.8. The van der Waals surface area contributed by atoms with Gasteiger partial charge in [-0.2, -0.15) is 16.7 Å². The molecule has 2 aromatic rings. The van der Waals surface area contributed by atoms with Crippen molar-refractivity contribution in [1.82, 2.24) is 14.8 Å². The molecule has 1 radical (unpaired) electrons. The SMILES string of the molecule is C[CH-]C(=O)OC1CCCC1.O=c1cnn(C2OC(CO)[C@@H](O)[C@H]2O)c(=O)[nH]1.Oc1ccccc1.[CH3-].[Rh+2]. The zero-order valence-corrected chi connectivity index (χ0v) is 21.7. The molecule has 0 bridgehead atoms. The van der Waals surface area contributed by atoms with E-state index < -0.39 is 42.4 Å². The van der Waals surface area contributed by atoms with Crippen LogP contribution >= 0.6 is 0 Å². The Labute approximate surface area is 221 Å². The van der Waals surface area contributed by atoms with Crippen LogP contribution in [0.15, 0.2) is 46.1 Å². The fourth-order valence-corrected chi connectivity index (χ4v) is 3.29. The van der Waals surface area contributed by atoms with Gasteiger partial charge >= 0.3 is 25.2 Å². The quantitative estimate of drug-likeness (QED) is 0.184. The van der Waals surface area contributed by atoms with Crippen LogP contribution in [0.1, 0.15) is 38.8 Å². The molecule has 1 aliphatic carbocycles. The maximum atomic E-state index is 11.4. The first-order valence-electron chi connectivity index (χ1n) is 10.8. The van der Waals surface area contributed by atoms with Crippen LogP contribution in [0.3, 0.4) is 0 Å². The number of aromatic amines is 1. The second-order valence-electron chi connectivity index (χ2n) is 7.58. The van der Waals surface area contributed by atoms with Crippen molar-refractivity contribution in [1.29, 1.82) is 0 Å². The van der Waals surface area contributed by atoms with Gasteiger partial charge in [0, 0.05) is 0 Å². The zero-order valence-electron chi connectivity index (χ0n) is 20.0. The first-order chi connectivity index (χ1) is 16.3. The van der Waals surface area contributed by atoms with Crippen LogP contribution in [0.2, 0.25) is 0 Å². The minimum absolute atomic E-state index is 0. The number of phenolic OH excluding ortho intramolecular Hbond substituents is 1. The molecule has 1 aromatic heterocycles. The van der Waals surface area contributed by atoms with E-state index in [-0.39, 0.29) is 39.0 Å². The standard InChI is InChI=1S/C8H11N3O6.C8H13O2.C6H6O.CH3.Rh/c12-2-3-5(14)6(15)7(17-3)11-8(16)10-4(13)1-9-11;1-2-8(9)10-7-5-3-4-6-7;7-6-4-2-1-3-5-6;;/h1,3,5-7,12,14-15H,2H2,(H,10,13,16);2,7H,3-6H2,1H3;1-5,7H;1H3;/q;-1;;-1;+2/t3?,5-,6-,7?;;;;/m1..../s1. The number of para-hydroxylation sites is 1. The van der Waals surface area contributed by atoms with E-state index in [9.17, 15) is 24.6 Å². The van der Waals surface area contributed by atoms with Crippen LogP contribution in [0.4, 0.5) is 0 Å². The molecule has 2 fully saturated rings. The number of rotatable bonds is 4. The molecule has 2 unspecified atom stereocenters. The van der Waals surface area contributed by atoms with E-state index in [1.165, 1.54) is 19.3 Å². The Morgan fingerprint density at radius 3 is 2.25 bits per heavy atom. The van der Waals surface area contributed by atoms with E-state index in [1.54, 1.807) is 31.2 Å². The van der Waals surface area contributed by atoms with E-state index in [0.717, 1.165) is 19.0 Å². The first kappa shape index (κ1) is 33.4. The van der Waals surface area contributed by atoms with Crippen molar-refractivity contribution in [2.24, 2.45) is 0 Å². The average molecular weight is 598 g/mol. The van der Waals surface area contributed by atoms with Crippen LogP contribution in [-0.2, 0) is 33.7 Å². The number of nitrogens with zero attached hydrogens (tertiary/aromatic N) is 2. The molecule has 12 nitrogen and oxygen atoms in total. The second-order valence-corrected chi connectivity index (χ2v) is 7.58. The number of aliphatic hydroxyl groups excluding tert-OH is 3. The van der Waals surface area contributed by atoms with Crippen molar-refractivity contribution in [3.05, 3.63) is 71.2 Å². The summed E-state index contributed by atoms with van der Waals surface area (Å²) < 4.78 is 10.8. The van der Waals surface area contributed by atoms with E-state index in [1.807, 2.05) is 11.1 Å². The van der Waals surface area contributed by atoms with Gasteiger partial charge in [0.2, 0.25) is 0 Å². The molecule has 4 rings (SSSR count). The Kier molecular flexibility index (Phi) is 15.8. The fourth-order valence-electron chi connectivity index (χ4n) is 3.29. The smallest absolute Gasteiger partial charge is 0.508 e. The third-order valence-electron chi connectivity index (χ3n) is 5.07. The zero-order chi connectivity index (χ0) is 25.1. The van der Waals surface area contributed by atoms with Crippen molar-refractivity contribution in [3.8, 4) is 5.75 Å². The number of ether oxygens (including phenoxy) is 2. The molecule has 2 heterocycles. The number of H-pyrrole nitrogens is 1. The summed E-state index contributed by atoms with van der Waals surface area (Å²) in [5, 5.41) is 40.1. The topological polar surface area (TPSA) is 184 Å². The number of benzene rings is 1. The molecule has 36 heavy (non-hydrogen) atoms. The number of aliphatic hydroxyl groups is 3. The Morgan fingerprint density at radius 2 is 1.81 bits per heavy atom. The maximum Gasteiger partial charge on any atom is 2.00 e. The summed E-state index contributed by atoms with van der Waals surface area (Å²) in [4.78, 5) is 34.8. The van der Waals surface area contributed by atoms with Crippen molar-refractivity contribution in [2.45, 2.75) is 63.3 Å². The molecule has 0 amide bonds. The molecule has 5 N–H and O–H groups in total. The third-order valence-corrected chi connectivity index (χ3v) is 5.07. The normalized spacial score (nSPS) is 22.4. The number of aromatic nitrogens is 3. The number of carbonyl (C=O) groups is 1. The summed E-state index contributed by atoms with van der Waals surface area (Å²) >= 11 is 0. The predicted octanol–water partition coefficient (Wildman–Crippen LogP) is 0.0795. The summed E-state index contributed by atoms with van der Waals surface area (Å²) in [6.45, 7) is 1.20. The molecule has 1 aromatic carbocycles. The summed E-state index contributed by atoms with van der Waals surface area (Å²) in [6, 6.07) is 8.71. The predicted molar refractivity (Wildman–Crippen MR) is 125 cm³/mol. The number of phenols is 1. The van der Waals surface area contributed by atoms with Gasteiger partial charge in [0.25, 0.3) is 5.56 Å². The third kappa shape index (κ3) is 10.2. The molecular formula is C23H33N3O9Rh. The summed E-state index contributed by atoms with van der Waals surface area (Å²) in [5.74, 6) is 0.148. The summed E-state index contributed by atoms with van der Waals surface area (Å²) in [5.41, 5.74) is -1.55. The van der Waals surface area contributed by atoms with Crippen molar-refractivity contribution >= 4 is 5.97 Å². The van der Waals surface area contributed by atoms with Crippen LogP contribution in [0.25, 0.3) is 0 Å². The Morgan fingerprint density at radius 1 is 1.19 bits per heavy atom. The summed E-state index contributed by atoms with van der Waals surface area (Å²) in [7, 11) is 0. The van der Waals surface area contributed by atoms with Crippen molar-refractivity contribution in [2.75, 3.05) is 6.61 Å². The van der Waals surface area contributed by atoms with Gasteiger partial charge in [0.1, 0.15) is 30.3 Å². The van der Waals surface area contributed by atoms with Crippen LogP contribution < -0.4 is 11.2 Å². The van der Waals surface area contributed by atoms with Gasteiger partial charge in [-0.15, -0.1) is 0 Å². The van der Waals surface area contributed by atoms with E-state index in [4.69, 9.17) is 19.7 Å². The van der Waals surface area contributed by atoms with E-state index in [2.05, 4.69) is 5.10 Å². The van der Waals surface area contributed by atoms with Crippen LogP contribution in [0, 0.1) is 13.8 Å². The summed E-state index contributed by atoms with van der Waals surface area (Å²) in [6.07, 6.45) is 2.07. The van der Waals surface area contributed by atoms with Gasteiger partial charge in [0.15, 0.2) is 12.2 Å². The molecule has 2 aliphatic rings. The maximum absolute atomic E-state index is 11.4. The van der Waals surface area contributed by atoms with Gasteiger partial charge < -0.3 is 37.3 Å². The molecule has 1 aliphatic heterocycles. The fraction of sp³-hybridized carbons (Fsp3) is 0.478. The molecule has 1 saturated heterocycles. The number of hydrogen-bond acceptors (Lipinski definition) is 10. The monoisotopic (exact) mass is 598 g/mol. The van der Waals surface area contributed by atoms with Gasteiger partial charge in [-0.05, 0) is 37.8 Å². The number of carbonyl (C=O) groups excluding carboxylic acids is 1. The average Bonchev–Trinajstić information content (AvgIpc) is 3.43.